The lowest BCUT2D eigenvalue weighted by Crippen LogP contribution is -1.83. The molecule has 80 valence electrons. The minimum atomic E-state index is 0.756. The molecule has 0 fully saturated rings. The molecule has 1 aromatic heterocycles. The molecule has 16 heavy (non-hydrogen) atoms. The van der Waals surface area contributed by atoms with Gasteiger partial charge in [0.15, 0.2) is 0 Å². The number of hydrogen-bond donors (Lipinski definition) is 0. The summed E-state index contributed by atoms with van der Waals surface area (Å²) >= 11 is 6.05. The number of rotatable bonds is 2. The molecule has 0 saturated heterocycles. The van der Waals surface area contributed by atoms with Crippen LogP contribution in [0.4, 0.5) is 0 Å². The Balaban J connectivity index is 2.25. The first-order valence-electron chi connectivity index (χ1n) is 5.12. The Kier molecular flexibility index (Phi) is 3.37. The van der Waals surface area contributed by atoms with Gasteiger partial charge in [-0.1, -0.05) is 41.9 Å². The van der Waals surface area contributed by atoms with Crippen LogP contribution >= 0.6 is 11.6 Å². The molecule has 0 spiro atoms. The van der Waals surface area contributed by atoms with Crippen LogP contribution in [0.3, 0.4) is 0 Å². The van der Waals surface area contributed by atoms with E-state index < -0.39 is 0 Å². The van der Waals surface area contributed by atoms with Gasteiger partial charge in [0.25, 0.3) is 0 Å². The molecule has 1 nitrogen and oxygen atoms in total. The molecule has 1 aromatic carbocycles. The molecule has 0 aliphatic heterocycles. The Morgan fingerprint density at radius 2 is 1.81 bits per heavy atom. The Morgan fingerprint density at radius 1 is 1.00 bits per heavy atom. The summed E-state index contributed by atoms with van der Waals surface area (Å²) in [4.78, 5) is 4.39. The Bertz CT molecular complexity index is 518. The van der Waals surface area contributed by atoms with Crippen molar-refractivity contribution in [1.29, 1.82) is 0 Å². The van der Waals surface area contributed by atoms with Crippen LogP contribution in [0, 0.1) is 6.92 Å². The quantitative estimate of drug-likeness (QED) is 0.752. The number of pyridine rings is 1. The first-order chi connectivity index (χ1) is 7.75. The third kappa shape index (κ3) is 2.71. The number of aryl methyl sites for hydroxylation is 1. The lowest BCUT2D eigenvalue weighted by atomic mass is 10.2. The van der Waals surface area contributed by atoms with E-state index in [1.54, 1.807) is 0 Å². The summed E-state index contributed by atoms with van der Waals surface area (Å²) in [6, 6.07) is 13.7. The molecule has 0 atom stereocenters. The summed E-state index contributed by atoms with van der Waals surface area (Å²) in [7, 11) is 0. The first kappa shape index (κ1) is 10.9. The molecule has 0 bridgehead atoms. The van der Waals surface area contributed by atoms with E-state index in [2.05, 4.69) is 4.98 Å². The van der Waals surface area contributed by atoms with Gasteiger partial charge in [0.05, 0.1) is 5.69 Å². The second-order valence-corrected chi connectivity index (χ2v) is 3.97. The average molecular weight is 230 g/mol. The van der Waals surface area contributed by atoms with Crippen molar-refractivity contribution in [2.45, 2.75) is 6.92 Å². The van der Waals surface area contributed by atoms with Crippen LogP contribution in [-0.2, 0) is 0 Å². The molecular weight excluding hydrogens is 218 g/mol. The van der Waals surface area contributed by atoms with Crippen molar-refractivity contribution in [2.75, 3.05) is 0 Å². The predicted octanol–water partition coefficient (Wildman–Crippen LogP) is 4.21. The zero-order valence-corrected chi connectivity index (χ0v) is 9.78. The Labute approximate surface area is 100 Å². The second-order valence-electron chi connectivity index (χ2n) is 3.56. The van der Waals surface area contributed by atoms with Crippen LogP contribution in [0.2, 0.25) is 5.02 Å². The number of aromatic nitrogens is 1. The Hall–Kier alpha value is -1.60. The third-order valence-electron chi connectivity index (χ3n) is 2.25. The molecule has 0 N–H and O–H groups in total. The molecule has 0 amide bonds. The molecule has 0 aliphatic carbocycles. The van der Waals surface area contributed by atoms with E-state index in [4.69, 9.17) is 11.6 Å². The van der Waals surface area contributed by atoms with Gasteiger partial charge in [-0.2, -0.15) is 0 Å². The predicted molar refractivity (Wildman–Crippen MR) is 69.4 cm³/mol. The fraction of sp³-hybridized carbons (Fsp3) is 0.0714. The largest absolute Gasteiger partial charge is 0.254 e. The van der Waals surface area contributed by atoms with E-state index in [0.717, 1.165) is 22.0 Å². The van der Waals surface area contributed by atoms with Gasteiger partial charge in [-0.3, -0.25) is 4.98 Å². The summed E-state index contributed by atoms with van der Waals surface area (Å²) in [6.07, 6.45) is 3.94. The second kappa shape index (κ2) is 4.95. The maximum Gasteiger partial charge on any atom is 0.0633 e. The van der Waals surface area contributed by atoms with Gasteiger partial charge in [0.1, 0.15) is 0 Å². The molecular formula is C14H12ClN. The van der Waals surface area contributed by atoms with Gasteiger partial charge in [-0.25, -0.2) is 0 Å². The van der Waals surface area contributed by atoms with Crippen LogP contribution in [0.1, 0.15) is 17.0 Å². The maximum absolute atomic E-state index is 6.05. The summed E-state index contributed by atoms with van der Waals surface area (Å²) in [5.41, 5.74) is 2.97. The van der Waals surface area contributed by atoms with Gasteiger partial charge in [-0.05, 0) is 36.8 Å². The highest BCUT2D eigenvalue weighted by atomic mass is 35.5. The minimum absolute atomic E-state index is 0.756. The van der Waals surface area contributed by atoms with Gasteiger partial charge in [0.2, 0.25) is 0 Å². The molecule has 0 unspecified atom stereocenters. The van der Waals surface area contributed by atoms with Crippen LogP contribution in [0.5, 0.6) is 0 Å². The van der Waals surface area contributed by atoms with Crippen molar-refractivity contribution in [3.05, 3.63) is 64.4 Å². The van der Waals surface area contributed by atoms with Crippen molar-refractivity contribution in [1.82, 2.24) is 4.98 Å². The fourth-order valence-corrected chi connectivity index (χ4v) is 1.64. The van der Waals surface area contributed by atoms with Gasteiger partial charge < -0.3 is 0 Å². The minimum Gasteiger partial charge on any atom is -0.254 e. The van der Waals surface area contributed by atoms with Crippen molar-refractivity contribution in [3.63, 3.8) is 0 Å². The van der Waals surface area contributed by atoms with Gasteiger partial charge >= 0.3 is 0 Å². The van der Waals surface area contributed by atoms with Crippen LogP contribution in [-0.4, -0.2) is 4.98 Å². The first-order valence-corrected chi connectivity index (χ1v) is 5.50. The van der Waals surface area contributed by atoms with E-state index in [9.17, 15) is 0 Å². The van der Waals surface area contributed by atoms with Crippen LogP contribution in [0.25, 0.3) is 12.2 Å². The number of hydrogen-bond acceptors (Lipinski definition) is 1. The standard InChI is InChI=1S/C14H12ClN/c1-11-5-4-7-13(16-11)10-9-12-6-2-3-8-14(12)15/h2-10H,1H3. The monoisotopic (exact) mass is 229 g/mol. The Morgan fingerprint density at radius 3 is 2.56 bits per heavy atom. The normalized spacial score (nSPS) is 10.9. The lowest BCUT2D eigenvalue weighted by Gasteiger charge is -1.97. The average Bonchev–Trinajstić information content (AvgIpc) is 2.28. The maximum atomic E-state index is 6.05. The molecule has 0 aliphatic rings. The highest BCUT2D eigenvalue weighted by Gasteiger charge is 1.94. The van der Waals surface area contributed by atoms with E-state index in [0.29, 0.717) is 0 Å². The number of nitrogens with zero attached hydrogens (tertiary/aromatic N) is 1. The summed E-state index contributed by atoms with van der Waals surface area (Å²) in [5.74, 6) is 0. The van der Waals surface area contributed by atoms with Crippen molar-refractivity contribution in [2.24, 2.45) is 0 Å². The number of halogens is 1. The van der Waals surface area contributed by atoms with Gasteiger partial charge in [0, 0.05) is 10.7 Å². The van der Waals surface area contributed by atoms with E-state index in [-0.39, 0.29) is 0 Å². The smallest absolute Gasteiger partial charge is 0.0633 e. The summed E-state index contributed by atoms with van der Waals surface area (Å²) in [5, 5.41) is 0.756. The summed E-state index contributed by atoms with van der Waals surface area (Å²) < 4.78 is 0. The zero-order chi connectivity index (χ0) is 11.4. The van der Waals surface area contributed by atoms with Crippen molar-refractivity contribution < 1.29 is 0 Å². The van der Waals surface area contributed by atoms with Crippen molar-refractivity contribution >= 4 is 23.8 Å². The summed E-state index contributed by atoms with van der Waals surface area (Å²) in [6.45, 7) is 1.98. The van der Waals surface area contributed by atoms with E-state index >= 15 is 0 Å². The molecule has 2 rings (SSSR count). The molecule has 2 heteroatoms. The lowest BCUT2D eigenvalue weighted by molar-refractivity contribution is 1.18. The molecule has 2 aromatic rings. The molecule has 0 saturated carbocycles. The SMILES string of the molecule is Cc1cccc(C=Cc2ccccc2Cl)n1. The van der Waals surface area contributed by atoms with E-state index in [1.165, 1.54) is 0 Å². The van der Waals surface area contributed by atoms with Gasteiger partial charge in [-0.15, -0.1) is 0 Å². The fourth-order valence-electron chi connectivity index (χ4n) is 1.44. The van der Waals surface area contributed by atoms with E-state index in [1.807, 2.05) is 61.5 Å². The number of benzene rings is 1. The van der Waals surface area contributed by atoms with Crippen LogP contribution in [0.15, 0.2) is 42.5 Å². The zero-order valence-electron chi connectivity index (χ0n) is 9.02. The van der Waals surface area contributed by atoms with Crippen LogP contribution < -0.4 is 0 Å². The molecule has 0 radical (unpaired) electrons. The molecule has 1 heterocycles. The third-order valence-corrected chi connectivity index (χ3v) is 2.59. The topological polar surface area (TPSA) is 12.9 Å². The highest BCUT2D eigenvalue weighted by Crippen LogP contribution is 2.17. The van der Waals surface area contributed by atoms with Crippen molar-refractivity contribution in [3.8, 4) is 0 Å². The highest BCUT2D eigenvalue weighted by molar-refractivity contribution is 6.32.